The van der Waals surface area contributed by atoms with Gasteiger partial charge in [-0.25, -0.2) is 23.2 Å². The number of nitrogens with zero attached hydrogens (tertiary/aromatic N) is 7. The van der Waals surface area contributed by atoms with E-state index in [2.05, 4.69) is 20.3 Å². The minimum absolute atomic E-state index is 0.0462. The monoisotopic (exact) mass is 792 g/mol. The second-order valence-corrected chi connectivity index (χ2v) is 14.8. The van der Waals surface area contributed by atoms with Gasteiger partial charge in [-0.05, 0) is 93.8 Å². The molecule has 0 unspecified atom stereocenters. The standard InChI is InChI=1S/C42H42F2N8O6/c1-42(2,3)58-41(55)49(4)29-18-22-50(23-19-29)38-36-35(17-20-45-37(36)51(48-38)25-26-6-13-31(56-5)14-7-26)57-34-15-10-28(24-33(34)44)47-39(53)32-16-21-46-52(40(32)54)30-11-8-27(43)9-12-30/h6-17,20-21,24,29H,18-19,22-23,25H2,1-5H3,(H,47,53). The zero-order valence-electron chi connectivity index (χ0n) is 32.6. The van der Waals surface area contributed by atoms with Gasteiger partial charge >= 0.3 is 6.09 Å². The van der Waals surface area contributed by atoms with Crippen LogP contribution in [0.1, 0.15) is 49.5 Å². The summed E-state index contributed by atoms with van der Waals surface area (Å²) < 4.78 is 49.2. The molecule has 14 nitrogen and oxygen atoms in total. The van der Waals surface area contributed by atoms with E-state index >= 15 is 4.39 Å². The maximum Gasteiger partial charge on any atom is 0.410 e. The Labute approximate surface area is 332 Å². The molecule has 1 fully saturated rings. The third-order valence-corrected chi connectivity index (χ3v) is 9.63. The van der Waals surface area contributed by atoms with E-state index in [9.17, 15) is 18.8 Å². The molecule has 0 atom stereocenters. The molecule has 2 amide bonds. The molecule has 7 rings (SSSR count). The first-order valence-electron chi connectivity index (χ1n) is 18.6. The van der Waals surface area contributed by atoms with Crippen molar-refractivity contribution in [2.24, 2.45) is 0 Å². The Bertz CT molecular complexity index is 2510. The van der Waals surface area contributed by atoms with E-state index in [0.717, 1.165) is 22.1 Å². The zero-order valence-corrected chi connectivity index (χ0v) is 32.6. The van der Waals surface area contributed by atoms with Gasteiger partial charge in [-0.1, -0.05) is 12.1 Å². The van der Waals surface area contributed by atoms with Gasteiger partial charge in [0.1, 0.15) is 33.9 Å². The van der Waals surface area contributed by atoms with Crippen LogP contribution in [0.25, 0.3) is 16.7 Å². The number of amides is 2. The van der Waals surface area contributed by atoms with Gasteiger partial charge in [-0.3, -0.25) is 9.59 Å². The van der Waals surface area contributed by atoms with Crippen molar-refractivity contribution in [3.8, 4) is 22.9 Å². The quantitative estimate of drug-likeness (QED) is 0.151. The third-order valence-electron chi connectivity index (χ3n) is 9.63. The second kappa shape index (κ2) is 16.3. The number of rotatable bonds is 10. The summed E-state index contributed by atoms with van der Waals surface area (Å²) >= 11 is 0. The van der Waals surface area contributed by atoms with Gasteiger partial charge in [0.2, 0.25) is 0 Å². The lowest BCUT2D eigenvalue weighted by Gasteiger charge is -2.37. The van der Waals surface area contributed by atoms with Crippen molar-refractivity contribution in [2.45, 2.75) is 51.8 Å². The van der Waals surface area contributed by atoms with Gasteiger partial charge in [-0.15, -0.1) is 0 Å². The fourth-order valence-electron chi connectivity index (χ4n) is 6.65. The highest BCUT2D eigenvalue weighted by Crippen LogP contribution is 2.38. The maximum atomic E-state index is 15.8. The van der Waals surface area contributed by atoms with Crippen LogP contribution in [0.15, 0.2) is 96.1 Å². The normalized spacial score (nSPS) is 13.3. The van der Waals surface area contributed by atoms with Gasteiger partial charge < -0.3 is 29.3 Å². The van der Waals surface area contributed by atoms with Gasteiger partial charge in [0.15, 0.2) is 23.0 Å². The maximum absolute atomic E-state index is 15.8. The highest BCUT2D eigenvalue weighted by molar-refractivity contribution is 6.04. The molecule has 3 aromatic carbocycles. The van der Waals surface area contributed by atoms with Crippen LogP contribution in [0, 0.1) is 11.6 Å². The molecule has 0 spiro atoms. The summed E-state index contributed by atoms with van der Waals surface area (Å²) in [6.07, 6.45) is 3.76. The van der Waals surface area contributed by atoms with E-state index in [1.54, 1.807) is 36.0 Å². The molecule has 0 saturated carbocycles. The average molecular weight is 793 g/mol. The first-order chi connectivity index (χ1) is 27.8. The van der Waals surface area contributed by atoms with Crippen LogP contribution in [0.4, 0.5) is 25.1 Å². The van der Waals surface area contributed by atoms with Crippen molar-refractivity contribution in [2.75, 3.05) is 37.5 Å². The molecule has 1 aliphatic rings. The number of carbonyl (C=O) groups is 2. The molecule has 1 N–H and O–H groups in total. The van der Waals surface area contributed by atoms with Crippen LogP contribution in [-0.4, -0.2) is 80.3 Å². The SMILES string of the molecule is COc1ccc(Cn2nc(N3CCC(N(C)C(=O)OC(C)(C)C)CC3)c3c(Oc4ccc(NC(=O)c5ccnn(-c6ccc(F)cc6)c5=O)cc4F)ccnc32)cc1. The first-order valence-corrected chi connectivity index (χ1v) is 18.6. The molecule has 1 aliphatic heterocycles. The fraction of sp³-hybridized carbons (Fsp3) is 0.286. The number of benzene rings is 3. The van der Waals surface area contributed by atoms with Crippen molar-refractivity contribution >= 4 is 34.5 Å². The smallest absolute Gasteiger partial charge is 0.410 e. The molecular weight excluding hydrogens is 751 g/mol. The summed E-state index contributed by atoms with van der Waals surface area (Å²) in [5.41, 5.74) is 0.208. The lowest BCUT2D eigenvalue weighted by atomic mass is 10.0. The Hall–Kier alpha value is -6.84. The van der Waals surface area contributed by atoms with Gasteiger partial charge in [0, 0.05) is 56.4 Å². The molecule has 3 aromatic heterocycles. The Kier molecular flexibility index (Phi) is 11.1. The van der Waals surface area contributed by atoms with Crippen LogP contribution in [0.2, 0.25) is 0 Å². The second-order valence-electron chi connectivity index (χ2n) is 14.8. The minimum atomic E-state index is -0.790. The van der Waals surface area contributed by atoms with E-state index in [4.69, 9.17) is 19.3 Å². The van der Waals surface area contributed by atoms with Crippen LogP contribution >= 0.6 is 0 Å². The summed E-state index contributed by atoms with van der Waals surface area (Å²) in [6, 6.07) is 19.4. The number of aromatic nitrogens is 5. The average Bonchev–Trinajstić information content (AvgIpc) is 3.57. The largest absolute Gasteiger partial charge is 0.497 e. The fourth-order valence-corrected chi connectivity index (χ4v) is 6.65. The highest BCUT2D eigenvalue weighted by atomic mass is 19.1. The van der Waals surface area contributed by atoms with Crippen LogP contribution in [-0.2, 0) is 11.3 Å². The number of methoxy groups -OCH3 is 1. The summed E-state index contributed by atoms with van der Waals surface area (Å²) in [4.78, 5) is 47.6. The Morgan fingerprint density at radius 1 is 0.931 bits per heavy atom. The van der Waals surface area contributed by atoms with Crippen LogP contribution < -0.4 is 25.2 Å². The number of hydrogen-bond donors (Lipinski definition) is 1. The van der Waals surface area contributed by atoms with Crippen molar-refractivity contribution in [1.82, 2.24) is 29.4 Å². The molecule has 16 heteroatoms. The molecule has 6 aromatic rings. The number of ether oxygens (including phenoxy) is 3. The van der Waals surface area contributed by atoms with Gasteiger partial charge in [0.05, 0.1) is 19.3 Å². The number of nitrogens with one attached hydrogen (secondary N) is 1. The van der Waals surface area contributed by atoms with E-state index in [-0.39, 0.29) is 34.8 Å². The number of carbonyl (C=O) groups excluding carboxylic acids is 2. The number of fused-ring (bicyclic) bond motifs is 1. The Morgan fingerprint density at radius 2 is 1.66 bits per heavy atom. The molecule has 0 bridgehead atoms. The first kappa shape index (κ1) is 39.4. The number of pyridine rings is 1. The van der Waals surface area contributed by atoms with E-state index in [1.807, 2.05) is 45.0 Å². The van der Waals surface area contributed by atoms with E-state index < -0.39 is 28.7 Å². The number of anilines is 2. The summed E-state index contributed by atoms with van der Waals surface area (Å²) in [6.45, 7) is 7.02. The summed E-state index contributed by atoms with van der Waals surface area (Å²) in [5.74, 6) is -0.560. The number of hydrogen-bond acceptors (Lipinski definition) is 10. The summed E-state index contributed by atoms with van der Waals surface area (Å²) in [5, 5.41) is 12.1. The Morgan fingerprint density at radius 3 is 2.33 bits per heavy atom. The van der Waals surface area contributed by atoms with Gasteiger partial charge in [-0.2, -0.15) is 14.9 Å². The summed E-state index contributed by atoms with van der Waals surface area (Å²) in [7, 11) is 3.35. The molecule has 4 heterocycles. The molecule has 0 radical (unpaired) electrons. The van der Waals surface area contributed by atoms with Crippen molar-refractivity contribution in [1.29, 1.82) is 0 Å². The van der Waals surface area contributed by atoms with Crippen molar-refractivity contribution in [3.63, 3.8) is 0 Å². The highest BCUT2D eigenvalue weighted by Gasteiger charge is 2.31. The predicted molar refractivity (Wildman–Crippen MR) is 213 cm³/mol. The van der Waals surface area contributed by atoms with Gasteiger partial charge in [0.25, 0.3) is 11.5 Å². The topological polar surface area (TPSA) is 146 Å². The lowest BCUT2D eigenvalue weighted by molar-refractivity contribution is 0.0200. The zero-order chi connectivity index (χ0) is 41.1. The van der Waals surface area contributed by atoms with Crippen LogP contribution in [0.5, 0.6) is 17.2 Å². The molecule has 300 valence electrons. The van der Waals surface area contributed by atoms with Crippen molar-refractivity contribution < 1.29 is 32.6 Å². The third kappa shape index (κ3) is 8.60. The molecule has 58 heavy (non-hydrogen) atoms. The Balaban J connectivity index is 1.14. The van der Waals surface area contributed by atoms with Crippen molar-refractivity contribution in [3.05, 3.63) is 124 Å². The van der Waals surface area contributed by atoms with E-state index in [1.165, 1.54) is 48.7 Å². The predicted octanol–water partition coefficient (Wildman–Crippen LogP) is 7.19. The van der Waals surface area contributed by atoms with Crippen LogP contribution in [0.3, 0.4) is 0 Å². The van der Waals surface area contributed by atoms with E-state index in [0.29, 0.717) is 55.1 Å². The molecule has 1 saturated heterocycles. The molecular formula is C42H42F2N8O6. The lowest BCUT2D eigenvalue weighted by Crippen LogP contribution is -2.47. The number of piperidine rings is 1. The minimum Gasteiger partial charge on any atom is -0.497 e. The number of halogens is 2. The molecule has 0 aliphatic carbocycles.